The van der Waals surface area contributed by atoms with Crippen molar-refractivity contribution >= 4 is 21.6 Å². The number of carbonyl (C=O) groups is 1. The minimum Gasteiger partial charge on any atom is -0.468 e. The third-order valence-corrected chi connectivity index (χ3v) is 5.66. The minimum absolute atomic E-state index is 0.0486. The number of aryl methyl sites for hydroxylation is 1. The molecule has 0 bridgehead atoms. The van der Waals surface area contributed by atoms with E-state index < -0.39 is 15.9 Å². The van der Waals surface area contributed by atoms with Crippen LogP contribution in [0, 0.1) is 6.92 Å². The molecule has 0 aliphatic heterocycles. The molecule has 0 aliphatic rings. The molecule has 0 spiro atoms. The molecule has 2 aromatic heterocycles. The summed E-state index contributed by atoms with van der Waals surface area (Å²) >= 11 is 0. The van der Waals surface area contributed by atoms with Crippen LogP contribution in [0.5, 0.6) is 0 Å². The molecule has 1 N–H and O–H groups in total. The average Bonchev–Trinajstić information content (AvgIpc) is 3.15. The van der Waals surface area contributed by atoms with E-state index in [-0.39, 0.29) is 18.0 Å². The molecule has 140 valence electrons. The second-order valence-electron chi connectivity index (χ2n) is 5.95. The number of rotatable bonds is 7. The molecule has 3 aromatic rings. The van der Waals surface area contributed by atoms with Gasteiger partial charge >= 0.3 is 0 Å². The fourth-order valence-corrected chi connectivity index (χ4v) is 3.82. The lowest BCUT2D eigenvalue weighted by atomic mass is 10.2. The highest BCUT2D eigenvalue weighted by atomic mass is 32.2. The predicted molar refractivity (Wildman–Crippen MR) is 100 cm³/mol. The van der Waals surface area contributed by atoms with E-state index in [0.29, 0.717) is 11.4 Å². The fourth-order valence-electron chi connectivity index (χ4n) is 2.46. The minimum atomic E-state index is -3.88. The Bertz CT molecular complexity index is 985. The topological polar surface area (TPSA) is 92.5 Å². The largest absolute Gasteiger partial charge is 0.468 e. The van der Waals surface area contributed by atoms with Gasteiger partial charge in [-0.2, -0.15) is 4.31 Å². The van der Waals surface area contributed by atoms with Crippen molar-refractivity contribution in [2.24, 2.45) is 0 Å². The van der Waals surface area contributed by atoms with E-state index in [2.05, 4.69) is 10.3 Å². The van der Waals surface area contributed by atoms with Gasteiger partial charge in [0.05, 0.1) is 24.2 Å². The van der Waals surface area contributed by atoms with Crippen LogP contribution in [0.1, 0.15) is 11.3 Å². The van der Waals surface area contributed by atoms with Crippen molar-refractivity contribution < 1.29 is 17.6 Å². The summed E-state index contributed by atoms with van der Waals surface area (Å²) in [6.07, 6.45) is 4.54. The van der Waals surface area contributed by atoms with E-state index >= 15 is 0 Å². The van der Waals surface area contributed by atoms with E-state index in [1.807, 2.05) is 6.92 Å². The van der Waals surface area contributed by atoms with E-state index in [4.69, 9.17) is 4.42 Å². The number of furan rings is 1. The van der Waals surface area contributed by atoms with Gasteiger partial charge in [-0.1, -0.05) is 17.7 Å². The quantitative estimate of drug-likeness (QED) is 0.675. The molecule has 1 amide bonds. The molecule has 3 rings (SSSR count). The normalized spacial score (nSPS) is 11.5. The summed E-state index contributed by atoms with van der Waals surface area (Å²) in [4.78, 5) is 16.4. The molecule has 0 radical (unpaired) electrons. The number of nitrogens with one attached hydrogen (secondary N) is 1. The Balaban J connectivity index is 1.84. The van der Waals surface area contributed by atoms with Crippen molar-refractivity contribution in [1.29, 1.82) is 0 Å². The van der Waals surface area contributed by atoms with Crippen LogP contribution in [-0.4, -0.2) is 30.2 Å². The van der Waals surface area contributed by atoms with Gasteiger partial charge in [-0.3, -0.25) is 9.78 Å². The molecule has 0 atom stereocenters. The predicted octanol–water partition coefficient (Wildman–Crippen LogP) is 2.81. The molecule has 0 saturated carbocycles. The Morgan fingerprint density at radius 1 is 1.11 bits per heavy atom. The summed E-state index contributed by atoms with van der Waals surface area (Å²) in [5, 5.41) is 2.67. The number of amides is 1. The number of pyridine rings is 1. The highest BCUT2D eigenvalue weighted by molar-refractivity contribution is 7.89. The van der Waals surface area contributed by atoms with Gasteiger partial charge in [0.1, 0.15) is 5.76 Å². The van der Waals surface area contributed by atoms with Crippen LogP contribution >= 0.6 is 0 Å². The van der Waals surface area contributed by atoms with E-state index in [1.54, 1.807) is 48.8 Å². The Labute approximate surface area is 157 Å². The van der Waals surface area contributed by atoms with Crippen molar-refractivity contribution in [3.05, 3.63) is 78.5 Å². The second-order valence-corrected chi connectivity index (χ2v) is 7.89. The first kappa shape index (κ1) is 18.8. The molecule has 8 heteroatoms. The summed E-state index contributed by atoms with van der Waals surface area (Å²) in [6.45, 7) is 1.48. The first-order valence-corrected chi connectivity index (χ1v) is 9.68. The van der Waals surface area contributed by atoms with Crippen LogP contribution in [-0.2, 0) is 21.4 Å². The Morgan fingerprint density at radius 2 is 1.81 bits per heavy atom. The molecule has 1 aromatic carbocycles. The maximum atomic E-state index is 13.1. The Hall–Kier alpha value is -2.97. The van der Waals surface area contributed by atoms with E-state index in [1.165, 1.54) is 18.4 Å². The van der Waals surface area contributed by atoms with Crippen molar-refractivity contribution in [2.45, 2.75) is 18.4 Å². The van der Waals surface area contributed by atoms with Gasteiger partial charge in [0, 0.05) is 18.1 Å². The van der Waals surface area contributed by atoms with Crippen LogP contribution in [0.2, 0.25) is 0 Å². The Morgan fingerprint density at radius 3 is 2.44 bits per heavy atom. The van der Waals surface area contributed by atoms with Crippen molar-refractivity contribution in [3.63, 3.8) is 0 Å². The monoisotopic (exact) mass is 385 g/mol. The lowest BCUT2D eigenvalue weighted by molar-refractivity contribution is -0.116. The number of hydrogen-bond donors (Lipinski definition) is 1. The number of carbonyl (C=O) groups excluding carboxylic acids is 1. The number of nitrogens with zero attached hydrogens (tertiary/aromatic N) is 2. The third kappa shape index (κ3) is 4.81. The molecule has 27 heavy (non-hydrogen) atoms. The van der Waals surface area contributed by atoms with Crippen LogP contribution < -0.4 is 5.32 Å². The van der Waals surface area contributed by atoms with Gasteiger partial charge in [0.2, 0.25) is 15.9 Å². The Kier molecular flexibility index (Phi) is 5.68. The fraction of sp³-hybridized carbons (Fsp3) is 0.158. The third-order valence-electron chi connectivity index (χ3n) is 3.86. The highest BCUT2D eigenvalue weighted by Gasteiger charge is 2.27. The zero-order valence-electron chi connectivity index (χ0n) is 14.7. The molecule has 0 aliphatic carbocycles. The maximum absolute atomic E-state index is 13.1. The van der Waals surface area contributed by atoms with Gasteiger partial charge in [0.15, 0.2) is 0 Å². The summed E-state index contributed by atoms with van der Waals surface area (Å²) < 4.78 is 32.5. The molecule has 7 nitrogen and oxygen atoms in total. The summed E-state index contributed by atoms with van der Waals surface area (Å²) in [5.74, 6) is -0.00848. The van der Waals surface area contributed by atoms with Crippen LogP contribution in [0.3, 0.4) is 0 Å². The van der Waals surface area contributed by atoms with Crippen molar-refractivity contribution in [2.75, 3.05) is 11.9 Å². The summed E-state index contributed by atoms with van der Waals surface area (Å²) in [5.41, 5.74) is 1.49. The maximum Gasteiger partial charge on any atom is 0.243 e. The SMILES string of the molecule is Cc1ccc(S(=O)(=O)N(CC(=O)Nc2ccncc2)Cc2ccco2)cc1. The van der Waals surface area contributed by atoms with Gasteiger partial charge < -0.3 is 9.73 Å². The number of aromatic nitrogens is 1. The van der Waals surface area contributed by atoms with Crippen LogP contribution in [0.15, 0.2) is 76.5 Å². The van der Waals surface area contributed by atoms with Crippen molar-refractivity contribution in [3.8, 4) is 0 Å². The lowest BCUT2D eigenvalue weighted by Gasteiger charge is -2.21. The highest BCUT2D eigenvalue weighted by Crippen LogP contribution is 2.19. The van der Waals surface area contributed by atoms with Gasteiger partial charge in [-0.15, -0.1) is 0 Å². The summed E-state index contributed by atoms with van der Waals surface area (Å²) in [6, 6.07) is 13.1. The summed E-state index contributed by atoms with van der Waals surface area (Å²) in [7, 11) is -3.88. The molecule has 0 saturated heterocycles. The number of anilines is 1. The van der Waals surface area contributed by atoms with Gasteiger partial charge in [-0.05, 0) is 43.3 Å². The van der Waals surface area contributed by atoms with Crippen LogP contribution in [0.25, 0.3) is 0 Å². The molecular formula is C19H19N3O4S. The van der Waals surface area contributed by atoms with Crippen LogP contribution in [0.4, 0.5) is 5.69 Å². The molecular weight excluding hydrogens is 366 g/mol. The first-order valence-electron chi connectivity index (χ1n) is 8.24. The van der Waals surface area contributed by atoms with Gasteiger partial charge in [-0.25, -0.2) is 8.42 Å². The smallest absolute Gasteiger partial charge is 0.243 e. The zero-order valence-corrected chi connectivity index (χ0v) is 15.5. The second kappa shape index (κ2) is 8.15. The molecule has 2 heterocycles. The zero-order chi connectivity index (χ0) is 19.3. The first-order chi connectivity index (χ1) is 12.9. The number of sulfonamides is 1. The number of benzene rings is 1. The molecule has 0 fully saturated rings. The molecule has 0 unspecified atom stereocenters. The standard InChI is InChI=1S/C19H19N3O4S/c1-15-4-6-18(7-5-15)27(24,25)22(13-17-3-2-12-26-17)14-19(23)21-16-8-10-20-11-9-16/h2-12H,13-14H2,1H3,(H,20,21,23). The van der Waals surface area contributed by atoms with E-state index in [9.17, 15) is 13.2 Å². The van der Waals surface area contributed by atoms with E-state index in [0.717, 1.165) is 9.87 Å². The lowest BCUT2D eigenvalue weighted by Crippen LogP contribution is -2.37. The number of hydrogen-bond acceptors (Lipinski definition) is 5. The average molecular weight is 385 g/mol. The van der Waals surface area contributed by atoms with Crippen molar-refractivity contribution in [1.82, 2.24) is 9.29 Å². The van der Waals surface area contributed by atoms with Gasteiger partial charge in [0.25, 0.3) is 0 Å².